The maximum absolute atomic E-state index is 12.5. The molecule has 1 saturated heterocycles. The molecule has 2 heterocycles. The van der Waals surface area contributed by atoms with E-state index in [1.807, 2.05) is 36.1 Å². The summed E-state index contributed by atoms with van der Waals surface area (Å²) >= 11 is 1.43. The van der Waals surface area contributed by atoms with E-state index < -0.39 is 0 Å². The van der Waals surface area contributed by atoms with E-state index >= 15 is 0 Å². The fraction of sp³-hybridized carbons (Fsp3) is 0.571. The standard InChI is InChI=1S/C21H30N4O4S/c1-15(2)13-25-20(16(3)29-18-7-5-17(27-4)6-8-18)22-23-21(25)30-14-19(26)24-9-11-28-12-10-24/h5-8,15-16H,9-14H2,1-4H3. The molecule has 1 aromatic carbocycles. The lowest BCUT2D eigenvalue weighted by atomic mass is 10.2. The summed E-state index contributed by atoms with van der Waals surface area (Å²) in [6, 6.07) is 7.46. The second-order valence-electron chi connectivity index (χ2n) is 7.56. The minimum Gasteiger partial charge on any atom is -0.497 e. The Morgan fingerprint density at radius 3 is 2.43 bits per heavy atom. The Morgan fingerprint density at radius 1 is 1.13 bits per heavy atom. The van der Waals surface area contributed by atoms with Crippen molar-refractivity contribution in [2.75, 3.05) is 39.2 Å². The second kappa shape index (κ2) is 10.7. The lowest BCUT2D eigenvalue weighted by molar-refractivity contribution is -0.132. The molecule has 1 unspecified atom stereocenters. The normalized spacial score (nSPS) is 15.3. The minimum atomic E-state index is -0.283. The van der Waals surface area contributed by atoms with Crippen LogP contribution in [0.3, 0.4) is 0 Å². The van der Waals surface area contributed by atoms with E-state index in [0.717, 1.165) is 29.0 Å². The van der Waals surface area contributed by atoms with Crippen molar-refractivity contribution in [2.24, 2.45) is 5.92 Å². The number of nitrogens with zero attached hydrogens (tertiary/aromatic N) is 4. The lowest BCUT2D eigenvalue weighted by Crippen LogP contribution is -2.41. The number of rotatable bonds is 9. The third-order valence-electron chi connectivity index (χ3n) is 4.72. The number of thioether (sulfide) groups is 1. The van der Waals surface area contributed by atoms with Gasteiger partial charge >= 0.3 is 0 Å². The van der Waals surface area contributed by atoms with Gasteiger partial charge in [-0.25, -0.2) is 0 Å². The topological polar surface area (TPSA) is 78.7 Å². The molecule has 8 nitrogen and oxygen atoms in total. The number of benzene rings is 1. The van der Waals surface area contributed by atoms with E-state index in [2.05, 4.69) is 28.6 Å². The van der Waals surface area contributed by atoms with Gasteiger partial charge in [0.05, 0.1) is 26.1 Å². The van der Waals surface area contributed by atoms with Gasteiger partial charge in [0.1, 0.15) is 11.5 Å². The molecule has 0 radical (unpaired) electrons. The Labute approximate surface area is 181 Å². The van der Waals surface area contributed by atoms with Crippen LogP contribution in [0.25, 0.3) is 0 Å². The molecule has 1 fully saturated rings. The summed E-state index contributed by atoms with van der Waals surface area (Å²) in [5.41, 5.74) is 0. The smallest absolute Gasteiger partial charge is 0.233 e. The number of amides is 1. The molecular weight excluding hydrogens is 404 g/mol. The number of carbonyl (C=O) groups excluding carboxylic acids is 1. The van der Waals surface area contributed by atoms with Crippen LogP contribution in [0.1, 0.15) is 32.7 Å². The highest BCUT2D eigenvalue weighted by Gasteiger charge is 2.23. The number of carbonyl (C=O) groups is 1. The number of aromatic nitrogens is 3. The zero-order valence-electron chi connectivity index (χ0n) is 18.0. The third-order valence-corrected chi connectivity index (χ3v) is 5.67. The molecule has 3 rings (SSSR count). The number of morpholine rings is 1. The van der Waals surface area contributed by atoms with Crippen LogP contribution in [0.15, 0.2) is 29.4 Å². The molecule has 1 amide bonds. The molecule has 2 aromatic rings. The van der Waals surface area contributed by atoms with E-state index in [1.165, 1.54) is 11.8 Å². The largest absolute Gasteiger partial charge is 0.497 e. The van der Waals surface area contributed by atoms with Crippen molar-refractivity contribution in [3.63, 3.8) is 0 Å². The molecule has 164 valence electrons. The van der Waals surface area contributed by atoms with Gasteiger partial charge < -0.3 is 23.7 Å². The summed E-state index contributed by atoms with van der Waals surface area (Å²) in [4.78, 5) is 14.3. The molecule has 1 atom stereocenters. The fourth-order valence-electron chi connectivity index (χ4n) is 3.19. The highest BCUT2D eigenvalue weighted by molar-refractivity contribution is 7.99. The van der Waals surface area contributed by atoms with Gasteiger partial charge in [0.2, 0.25) is 5.91 Å². The van der Waals surface area contributed by atoms with Crippen LogP contribution in [0, 0.1) is 5.92 Å². The van der Waals surface area contributed by atoms with Crippen molar-refractivity contribution in [1.29, 1.82) is 0 Å². The van der Waals surface area contributed by atoms with E-state index in [1.54, 1.807) is 7.11 Å². The first-order chi connectivity index (χ1) is 14.5. The lowest BCUT2D eigenvalue weighted by Gasteiger charge is -2.26. The average Bonchev–Trinajstić information content (AvgIpc) is 3.15. The van der Waals surface area contributed by atoms with E-state index in [-0.39, 0.29) is 12.0 Å². The maximum Gasteiger partial charge on any atom is 0.233 e. The first-order valence-electron chi connectivity index (χ1n) is 10.2. The van der Waals surface area contributed by atoms with Crippen LogP contribution < -0.4 is 9.47 Å². The summed E-state index contributed by atoms with van der Waals surface area (Å²) in [6.45, 7) is 9.50. The maximum atomic E-state index is 12.5. The monoisotopic (exact) mass is 434 g/mol. The van der Waals surface area contributed by atoms with Crippen molar-refractivity contribution in [3.05, 3.63) is 30.1 Å². The Hall–Kier alpha value is -2.26. The third kappa shape index (κ3) is 5.89. The van der Waals surface area contributed by atoms with Gasteiger partial charge in [-0.2, -0.15) is 0 Å². The predicted octanol–water partition coefficient (Wildman–Crippen LogP) is 3.03. The molecule has 0 spiro atoms. The number of hydrogen-bond acceptors (Lipinski definition) is 7. The molecule has 0 N–H and O–H groups in total. The van der Waals surface area contributed by atoms with Gasteiger partial charge in [0, 0.05) is 19.6 Å². The summed E-state index contributed by atoms with van der Waals surface area (Å²) in [5.74, 6) is 3.11. The first-order valence-corrected chi connectivity index (χ1v) is 11.2. The van der Waals surface area contributed by atoms with Crippen molar-refractivity contribution in [3.8, 4) is 11.5 Å². The average molecular weight is 435 g/mol. The molecule has 1 aliphatic rings. The van der Waals surface area contributed by atoms with Crippen LogP contribution in [-0.2, 0) is 16.1 Å². The quantitative estimate of drug-likeness (QED) is 0.561. The van der Waals surface area contributed by atoms with Crippen molar-refractivity contribution in [1.82, 2.24) is 19.7 Å². The van der Waals surface area contributed by atoms with E-state index in [0.29, 0.717) is 38.0 Å². The van der Waals surface area contributed by atoms with Crippen molar-refractivity contribution in [2.45, 2.75) is 38.6 Å². The van der Waals surface area contributed by atoms with Crippen LogP contribution in [-0.4, -0.2) is 64.7 Å². The van der Waals surface area contributed by atoms with Gasteiger partial charge in [-0.15, -0.1) is 10.2 Å². The van der Waals surface area contributed by atoms with Gasteiger partial charge in [-0.1, -0.05) is 25.6 Å². The van der Waals surface area contributed by atoms with Crippen LogP contribution in [0.5, 0.6) is 11.5 Å². The fourth-order valence-corrected chi connectivity index (χ4v) is 4.04. The van der Waals surface area contributed by atoms with E-state index in [9.17, 15) is 4.79 Å². The number of hydrogen-bond donors (Lipinski definition) is 0. The highest BCUT2D eigenvalue weighted by Crippen LogP contribution is 2.27. The molecule has 0 aliphatic carbocycles. The molecule has 0 bridgehead atoms. The van der Waals surface area contributed by atoms with Gasteiger partial charge in [-0.05, 0) is 37.1 Å². The molecule has 1 aromatic heterocycles. The summed E-state index contributed by atoms with van der Waals surface area (Å²) in [5, 5.41) is 9.49. The predicted molar refractivity (Wildman–Crippen MR) is 115 cm³/mol. The Morgan fingerprint density at radius 2 is 1.80 bits per heavy atom. The van der Waals surface area contributed by atoms with Crippen LogP contribution >= 0.6 is 11.8 Å². The SMILES string of the molecule is COc1ccc(OC(C)c2nnc(SCC(=O)N3CCOCC3)n2CC(C)C)cc1. The van der Waals surface area contributed by atoms with Crippen LogP contribution in [0.2, 0.25) is 0 Å². The molecule has 1 aliphatic heterocycles. The second-order valence-corrected chi connectivity index (χ2v) is 8.51. The molecule has 0 saturated carbocycles. The first kappa shape index (κ1) is 22.4. The van der Waals surface area contributed by atoms with Gasteiger partial charge in [-0.3, -0.25) is 4.79 Å². The molecule has 9 heteroatoms. The number of methoxy groups -OCH3 is 1. The Bertz CT molecular complexity index is 819. The number of ether oxygens (including phenoxy) is 3. The Balaban J connectivity index is 1.69. The van der Waals surface area contributed by atoms with Gasteiger partial charge in [0.15, 0.2) is 17.1 Å². The zero-order chi connectivity index (χ0) is 21.5. The van der Waals surface area contributed by atoms with Crippen molar-refractivity contribution >= 4 is 17.7 Å². The highest BCUT2D eigenvalue weighted by atomic mass is 32.2. The van der Waals surface area contributed by atoms with E-state index in [4.69, 9.17) is 14.2 Å². The van der Waals surface area contributed by atoms with Crippen molar-refractivity contribution < 1.29 is 19.0 Å². The Kier molecular flexibility index (Phi) is 7.98. The van der Waals surface area contributed by atoms with Gasteiger partial charge in [0.25, 0.3) is 0 Å². The summed E-state index contributed by atoms with van der Waals surface area (Å²) in [6.07, 6.45) is -0.283. The van der Waals surface area contributed by atoms with Crippen LogP contribution in [0.4, 0.5) is 0 Å². The molecular formula is C21H30N4O4S. The zero-order valence-corrected chi connectivity index (χ0v) is 18.9. The summed E-state index contributed by atoms with van der Waals surface area (Å²) in [7, 11) is 1.63. The molecule has 30 heavy (non-hydrogen) atoms. The minimum absolute atomic E-state index is 0.103. The summed E-state index contributed by atoms with van der Waals surface area (Å²) < 4.78 is 18.7.